The zero-order chi connectivity index (χ0) is 17.6. The molecular weight excluding hydrogens is 350 g/mol. The van der Waals surface area contributed by atoms with Crippen LogP contribution in [0.15, 0.2) is 24.3 Å². The molecule has 1 fully saturated rings. The Labute approximate surface area is 149 Å². The maximum atomic E-state index is 12.1. The van der Waals surface area contributed by atoms with Crippen LogP contribution in [0.1, 0.15) is 11.6 Å². The Kier molecular flexibility index (Phi) is 7.46. The molecule has 1 saturated heterocycles. The van der Waals surface area contributed by atoms with Crippen molar-refractivity contribution in [2.75, 3.05) is 59.2 Å². The van der Waals surface area contributed by atoms with Crippen LogP contribution >= 0.6 is 11.6 Å². The summed E-state index contributed by atoms with van der Waals surface area (Å²) in [5.74, 6) is -0.0402. The Morgan fingerprint density at radius 3 is 2.54 bits per heavy atom. The Bertz CT molecular complexity index is 619. The minimum absolute atomic E-state index is 0.0402. The minimum atomic E-state index is -3.36. The van der Waals surface area contributed by atoms with Crippen LogP contribution < -0.4 is 4.72 Å². The van der Waals surface area contributed by atoms with Crippen LogP contribution in [-0.4, -0.2) is 77.5 Å². The molecule has 6 nitrogen and oxygen atoms in total. The van der Waals surface area contributed by atoms with E-state index in [0.29, 0.717) is 11.6 Å². The number of methoxy groups -OCH3 is 1. The molecule has 1 atom stereocenters. The lowest BCUT2D eigenvalue weighted by atomic mass is 10.0. The quantitative estimate of drug-likeness (QED) is 0.739. The van der Waals surface area contributed by atoms with Gasteiger partial charge in [-0.15, -0.1) is 0 Å². The largest absolute Gasteiger partial charge is 0.384 e. The van der Waals surface area contributed by atoms with Crippen LogP contribution in [0.2, 0.25) is 5.02 Å². The number of benzene rings is 1. The fourth-order valence-corrected chi connectivity index (χ4v) is 3.99. The van der Waals surface area contributed by atoms with E-state index in [4.69, 9.17) is 16.3 Å². The van der Waals surface area contributed by atoms with Crippen LogP contribution in [0.3, 0.4) is 0 Å². The van der Waals surface area contributed by atoms with Crippen LogP contribution in [0.25, 0.3) is 0 Å². The van der Waals surface area contributed by atoms with Gasteiger partial charge >= 0.3 is 0 Å². The standard InChI is InChI=1S/C16H26ClN3O3S/c1-19-7-9-20(10-8-19)16(14-5-3-4-6-15(14)17)13-18-24(21,22)12-11-23-2/h3-6,16,18H,7-13H2,1-2H3. The van der Waals surface area contributed by atoms with Crippen molar-refractivity contribution in [1.82, 2.24) is 14.5 Å². The van der Waals surface area contributed by atoms with Gasteiger partial charge in [0, 0.05) is 50.9 Å². The molecule has 0 amide bonds. The van der Waals surface area contributed by atoms with Crippen molar-refractivity contribution >= 4 is 21.6 Å². The normalized spacial score (nSPS) is 18.6. The zero-order valence-electron chi connectivity index (χ0n) is 14.2. The highest BCUT2D eigenvalue weighted by Gasteiger charge is 2.26. The molecule has 1 aliphatic rings. The van der Waals surface area contributed by atoms with Gasteiger partial charge in [-0.25, -0.2) is 13.1 Å². The number of nitrogens with zero attached hydrogens (tertiary/aromatic N) is 2. The summed E-state index contributed by atoms with van der Waals surface area (Å²) >= 11 is 6.37. The average molecular weight is 376 g/mol. The van der Waals surface area contributed by atoms with E-state index in [-0.39, 0.29) is 18.4 Å². The molecule has 0 radical (unpaired) electrons. The van der Waals surface area contributed by atoms with Gasteiger partial charge in [0.15, 0.2) is 0 Å². The molecule has 1 N–H and O–H groups in total. The van der Waals surface area contributed by atoms with E-state index >= 15 is 0 Å². The monoisotopic (exact) mass is 375 g/mol. The summed E-state index contributed by atoms with van der Waals surface area (Å²) in [6.45, 7) is 4.16. The SMILES string of the molecule is COCCS(=O)(=O)NCC(c1ccccc1Cl)N1CCN(C)CC1. The van der Waals surface area contributed by atoms with E-state index in [0.717, 1.165) is 31.7 Å². The van der Waals surface area contributed by atoms with Crippen molar-refractivity contribution in [3.63, 3.8) is 0 Å². The summed E-state index contributed by atoms with van der Waals surface area (Å²) in [6.07, 6.45) is 0. The molecule has 0 spiro atoms. The number of piperazine rings is 1. The molecule has 136 valence electrons. The summed E-state index contributed by atoms with van der Waals surface area (Å²) in [5.41, 5.74) is 0.957. The Hall–Kier alpha value is -0.700. The molecule has 1 aliphatic heterocycles. The highest BCUT2D eigenvalue weighted by atomic mass is 35.5. The molecule has 1 heterocycles. The molecule has 8 heteroatoms. The van der Waals surface area contributed by atoms with Crippen LogP contribution in [0.5, 0.6) is 0 Å². The first kappa shape index (κ1) is 19.6. The third-order valence-electron chi connectivity index (χ3n) is 4.30. The van der Waals surface area contributed by atoms with Crippen LogP contribution in [0, 0.1) is 0 Å². The molecule has 1 aromatic carbocycles. The number of nitrogens with one attached hydrogen (secondary N) is 1. The van der Waals surface area contributed by atoms with Crippen molar-refractivity contribution in [2.45, 2.75) is 6.04 Å². The lowest BCUT2D eigenvalue weighted by Gasteiger charge is -2.38. The summed E-state index contributed by atoms with van der Waals surface area (Å²) in [6, 6.07) is 7.55. The molecule has 24 heavy (non-hydrogen) atoms. The van der Waals surface area contributed by atoms with Gasteiger partial charge < -0.3 is 9.64 Å². The lowest BCUT2D eigenvalue weighted by Crippen LogP contribution is -2.48. The fourth-order valence-electron chi connectivity index (χ4n) is 2.79. The van der Waals surface area contributed by atoms with Crippen LogP contribution in [-0.2, 0) is 14.8 Å². The van der Waals surface area contributed by atoms with E-state index < -0.39 is 10.0 Å². The molecule has 1 unspecified atom stereocenters. The number of likely N-dealkylation sites (N-methyl/N-ethyl adjacent to an activating group) is 1. The Morgan fingerprint density at radius 1 is 1.25 bits per heavy atom. The van der Waals surface area contributed by atoms with Crippen molar-refractivity contribution in [3.8, 4) is 0 Å². The number of halogens is 1. The van der Waals surface area contributed by atoms with Gasteiger partial charge in [-0.05, 0) is 18.7 Å². The molecule has 0 saturated carbocycles. The van der Waals surface area contributed by atoms with E-state index in [1.54, 1.807) is 0 Å². The van der Waals surface area contributed by atoms with Crippen molar-refractivity contribution in [3.05, 3.63) is 34.9 Å². The topological polar surface area (TPSA) is 61.9 Å². The third kappa shape index (κ3) is 5.68. The average Bonchev–Trinajstić information content (AvgIpc) is 2.56. The van der Waals surface area contributed by atoms with Crippen LogP contribution in [0.4, 0.5) is 0 Å². The molecular formula is C16H26ClN3O3S. The minimum Gasteiger partial charge on any atom is -0.384 e. The highest BCUT2D eigenvalue weighted by Crippen LogP contribution is 2.28. The second kappa shape index (κ2) is 9.12. The Morgan fingerprint density at radius 2 is 1.92 bits per heavy atom. The zero-order valence-corrected chi connectivity index (χ0v) is 15.8. The van der Waals surface area contributed by atoms with E-state index in [9.17, 15) is 8.42 Å². The first-order chi connectivity index (χ1) is 11.4. The lowest BCUT2D eigenvalue weighted by molar-refractivity contribution is 0.113. The van der Waals surface area contributed by atoms with E-state index in [2.05, 4.69) is 21.6 Å². The van der Waals surface area contributed by atoms with Gasteiger partial charge in [0.2, 0.25) is 10.0 Å². The smallest absolute Gasteiger partial charge is 0.213 e. The molecule has 0 bridgehead atoms. The summed E-state index contributed by atoms with van der Waals surface area (Å²) in [4.78, 5) is 4.56. The first-order valence-electron chi connectivity index (χ1n) is 8.06. The van der Waals surface area contributed by atoms with Crippen molar-refractivity contribution < 1.29 is 13.2 Å². The second-order valence-electron chi connectivity index (χ2n) is 6.04. The van der Waals surface area contributed by atoms with Crippen molar-refractivity contribution in [2.24, 2.45) is 0 Å². The molecule has 1 aromatic rings. The number of hydrogen-bond acceptors (Lipinski definition) is 5. The predicted octanol–water partition coefficient (Wildman–Crippen LogP) is 1.19. The van der Waals surface area contributed by atoms with Gasteiger partial charge in [-0.3, -0.25) is 4.90 Å². The van der Waals surface area contributed by atoms with E-state index in [1.807, 2.05) is 24.3 Å². The number of hydrogen-bond donors (Lipinski definition) is 1. The van der Waals surface area contributed by atoms with Gasteiger partial charge in [0.1, 0.15) is 0 Å². The highest BCUT2D eigenvalue weighted by molar-refractivity contribution is 7.89. The number of sulfonamides is 1. The fraction of sp³-hybridized carbons (Fsp3) is 0.625. The maximum Gasteiger partial charge on any atom is 0.213 e. The summed E-state index contributed by atoms with van der Waals surface area (Å²) < 4.78 is 31.8. The number of ether oxygens (including phenoxy) is 1. The van der Waals surface area contributed by atoms with Gasteiger partial charge in [0.05, 0.1) is 12.4 Å². The van der Waals surface area contributed by atoms with E-state index in [1.165, 1.54) is 7.11 Å². The number of rotatable bonds is 8. The van der Waals surface area contributed by atoms with Gasteiger partial charge in [-0.1, -0.05) is 29.8 Å². The Balaban J connectivity index is 2.13. The molecule has 0 aliphatic carbocycles. The van der Waals surface area contributed by atoms with Crippen molar-refractivity contribution in [1.29, 1.82) is 0 Å². The first-order valence-corrected chi connectivity index (χ1v) is 10.1. The third-order valence-corrected chi connectivity index (χ3v) is 5.95. The predicted molar refractivity (Wildman–Crippen MR) is 96.9 cm³/mol. The van der Waals surface area contributed by atoms with Gasteiger partial charge in [-0.2, -0.15) is 0 Å². The summed E-state index contributed by atoms with van der Waals surface area (Å²) in [5, 5.41) is 0.664. The second-order valence-corrected chi connectivity index (χ2v) is 8.37. The maximum absolute atomic E-state index is 12.1. The molecule has 0 aromatic heterocycles. The summed E-state index contributed by atoms with van der Waals surface area (Å²) in [7, 11) is 0.221. The van der Waals surface area contributed by atoms with Gasteiger partial charge in [0.25, 0.3) is 0 Å². The molecule has 2 rings (SSSR count).